The van der Waals surface area contributed by atoms with E-state index in [1.807, 2.05) is 24.3 Å². The lowest BCUT2D eigenvalue weighted by atomic mass is 9.83. The fraction of sp³-hybridized carbons (Fsp3) is 0.400. The van der Waals surface area contributed by atoms with Gasteiger partial charge >= 0.3 is 5.97 Å². The van der Waals surface area contributed by atoms with Gasteiger partial charge in [-0.15, -0.1) is 0 Å². The van der Waals surface area contributed by atoms with Gasteiger partial charge in [-0.2, -0.15) is 5.26 Å². The summed E-state index contributed by atoms with van der Waals surface area (Å²) in [4.78, 5) is 14.8. The monoisotopic (exact) mass is 369 g/mol. The number of esters is 1. The molecule has 0 unspecified atom stereocenters. The van der Waals surface area contributed by atoms with E-state index >= 15 is 0 Å². The topological polar surface area (TPSA) is 97.8 Å². The number of morpholine rings is 1. The Morgan fingerprint density at radius 1 is 1.33 bits per heavy atom. The van der Waals surface area contributed by atoms with Crippen molar-refractivity contribution in [3.63, 3.8) is 0 Å². The molecule has 3 rings (SSSR count). The quantitative estimate of drug-likeness (QED) is 0.812. The van der Waals surface area contributed by atoms with Crippen LogP contribution in [0.5, 0.6) is 0 Å². The van der Waals surface area contributed by atoms with Crippen molar-refractivity contribution in [2.75, 3.05) is 37.8 Å². The number of carbonyl (C=O) groups excluding carboxylic acids is 1. The molecule has 0 saturated carbocycles. The zero-order chi connectivity index (χ0) is 19.4. The lowest BCUT2D eigenvalue weighted by Crippen LogP contribution is -2.36. The summed E-state index contributed by atoms with van der Waals surface area (Å²) in [6, 6.07) is 9.89. The van der Waals surface area contributed by atoms with Gasteiger partial charge in [0.05, 0.1) is 31.3 Å². The summed E-state index contributed by atoms with van der Waals surface area (Å²) < 4.78 is 16.0. The second kappa shape index (κ2) is 8.14. The van der Waals surface area contributed by atoms with Gasteiger partial charge in [-0.05, 0) is 31.5 Å². The molecule has 0 aliphatic carbocycles. The van der Waals surface area contributed by atoms with Crippen molar-refractivity contribution in [3.05, 3.63) is 52.6 Å². The Morgan fingerprint density at radius 3 is 2.59 bits per heavy atom. The Bertz CT molecular complexity index is 815. The van der Waals surface area contributed by atoms with Crippen LogP contribution in [-0.2, 0) is 19.0 Å². The zero-order valence-corrected chi connectivity index (χ0v) is 15.5. The average Bonchev–Trinajstić information content (AvgIpc) is 2.68. The molecule has 2 aliphatic heterocycles. The first kappa shape index (κ1) is 18.8. The molecule has 142 valence electrons. The minimum absolute atomic E-state index is 0.0188. The number of allylic oxidation sites excluding steroid dienone is 2. The Labute approximate surface area is 158 Å². The first-order valence-corrected chi connectivity index (χ1v) is 8.95. The van der Waals surface area contributed by atoms with E-state index in [9.17, 15) is 10.1 Å². The summed E-state index contributed by atoms with van der Waals surface area (Å²) in [6.45, 7) is 6.70. The van der Waals surface area contributed by atoms with E-state index in [0.29, 0.717) is 24.5 Å². The number of ether oxygens (including phenoxy) is 3. The maximum Gasteiger partial charge on any atom is 0.338 e. The summed E-state index contributed by atoms with van der Waals surface area (Å²) in [5, 5.41) is 9.60. The molecule has 7 nitrogen and oxygen atoms in total. The van der Waals surface area contributed by atoms with E-state index in [2.05, 4.69) is 11.0 Å². The van der Waals surface area contributed by atoms with Crippen molar-refractivity contribution < 1.29 is 19.0 Å². The molecular formula is C20H23N3O4. The number of hydrogen-bond acceptors (Lipinski definition) is 7. The van der Waals surface area contributed by atoms with Crippen molar-refractivity contribution >= 4 is 11.7 Å². The van der Waals surface area contributed by atoms with E-state index in [4.69, 9.17) is 19.9 Å². The van der Waals surface area contributed by atoms with Crippen LogP contribution in [0.3, 0.4) is 0 Å². The summed E-state index contributed by atoms with van der Waals surface area (Å²) in [6.07, 6.45) is 0. The molecule has 0 radical (unpaired) electrons. The molecule has 27 heavy (non-hydrogen) atoms. The fourth-order valence-corrected chi connectivity index (χ4v) is 3.39. The number of carbonyl (C=O) groups is 1. The van der Waals surface area contributed by atoms with Crippen LogP contribution in [0.15, 0.2) is 47.1 Å². The minimum atomic E-state index is -0.610. The van der Waals surface area contributed by atoms with Gasteiger partial charge in [0, 0.05) is 18.8 Å². The number of benzene rings is 1. The van der Waals surface area contributed by atoms with Crippen LogP contribution in [-0.4, -0.2) is 38.9 Å². The van der Waals surface area contributed by atoms with Crippen LogP contribution in [0.1, 0.15) is 25.3 Å². The number of nitrogens with zero attached hydrogens (tertiary/aromatic N) is 2. The number of nitriles is 1. The van der Waals surface area contributed by atoms with Crippen LogP contribution in [0.2, 0.25) is 0 Å². The highest BCUT2D eigenvalue weighted by atomic mass is 16.5. The molecule has 0 aromatic heterocycles. The van der Waals surface area contributed by atoms with E-state index in [-0.39, 0.29) is 18.1 Å². The molecule has 1 atom stereocenters. The summed E-state index contributed by atoms with van der Waals surface area (Å²) in [7, 11) is 0. The second-order valence-electron chi connectivity index (χ2n) is 6.31. The van der Waals surface area contributed by atoms with Gasteiger partial charge in [-0.1, -0.05) is 12.1 Å². The fourth-order valence-electron chi connectivity index (χ4n) is 3.39. The van der Waals surface area contributed by atoms with Gasteiger partial charge in [0.15, 0.2) is 0 Å². The highest BCUT2D eigenvalue weighted by Crippen LogP contribution is 2.40. The predicted octanol–water partition coefficient (Wildman–Crippen LogP) is 2.17. The molecule has 0 amide bonds. The van der Waals surface area contributed by atoms with Crippen LogP contribution in [0.25, 0.3) is 0 Å². The average molecular weight is 369 g/mol. The first-order valence-electron chi connectivity index (χ1n) is 8.95. The Morgan fingerprint density at radius 2 is 2.00 bits per heavy atom. The lowest BCUT2D eigenvalue weighted by molar-refractivity contribution is -0.139. The molecule has 2 heterocycles. The van der Waals surface area contributed by atoms with E-state index < -0.39 is 11.9 Å². The van der Waals surface area contributed by atoms with Gasteiger partial charge < -0.3 is 24.8 Å². The summed E-state index contributed by atoms with van der Waals surface area (Å²) in [5.41, 5.74) is 8.30. The SMILES string of the molecule is CCOC(=O)C1=C(C)OC(N)=C(C#N)[C@@H]1c1ccc(N2CCOCC2)cc1. The third kappa shape index (κ3) is 3.76. The summed E-state index contributed by atoms with van der Waals surface area (Å²) >= 11 is 0. The third-order valence-corrected chi connectivity index (χ3v) is 4.70. The van der Waals surface area contributed by atoms with Gasteiger partial charge in [0.25, 0.3) is 0 Å². The number of anilines is 1. The van der Waals surface area contributed by atoms with E-state index in [1.54, 1.807) is 13.8 Å². The Hall–Kier alpha value is -2.98. The maximum atomic E-state index is 12.5. The molecule has 1 saturated heterocycles. The number of nitrogens with two attached hydrogens (primary N) is 1. The molecule has 0 spiro atoms. The molecule has 0 bridgehead atoms. The highest BCUT2D eigenvalue weighted by molar-refractivity contribution is 5.92. The Balaban J connectivity index is 1.97. The summed E-state index contributed by atoms with van der Waals surface area (Å²) in [5.74, 6) is -0.739. The molecular weight excluding hydrogens is 346 g/mol. The van der Waals surface area contributed by atoms with Gasteiger partial charge in [-0.25, -0.2) is 4.79 Å². The molecule has 2 N–H and O–H groups in total. The van der Waals surface area contributed by atoms with Crippen molar-refractivity contribution in [1.82, 2.24) is 0 Å². The first-order chi connectivity index (χ1) is 13.1. The highest BCUT2D eigenvalue weighted by Gasteiger charge is 2.36. The normalized spacial score (nSPS) is 20.2. The van der Waals surface area contributed by atoms with Crippen molar-refractivity contribution in [1.29, 1.82) is 5.26 Å². The number of hydrogen-bond donors (Lipinski definition) is 1. The standard InChI is InChI=1S/C20H23N3O4/c1-3-26-20(24)17-13(2)27-19(22)16(12-21)18(17)14-4-6-15(7-5-14)23-8-10-25-11-9-23/h4-7,18H,3,8-11,22H2,1-2H3/t18-/m0/s1. The van der Waals surface area contributed by atoms with Crippen molar-refractivity contribution in [3.8, 4) is 6.07 Å². The van der Waals surface area contributed by atoms with Crippen molar-refractivity contribution in [2.24, 2.45) is 5.73 Å². The third-order valence-electron chi connectivity index (χ3n) is 4.70. The second-order valence-corrected chi connectivity index (χ2v) is 6.31. The lowest BCUT2D eigenvalue weighted by Gasteiger charge is -2.30. The van der Waals surface area contributed by atoms with Gasteiger partial charge in [0.1, 0.15) is 17.4 Å². The van der Waals surface area contributed by atoms with Crippen molar-refractivity contribution in [2.45, 2.75) is 19.8 Å². The molecule has 1 aromatic rings. The minimum Gasteiger partial charge on any atom is -0.463 e. The van der Waals surface area contributed by atoms with Gasteiger partial charge in [0.2, 0.25) is 5.88 Å². The van der Waals surface area contributed by atoms with Gasteiger partial charge in [-0.3, -0.25) is 0 Å². The van der Waals surface area contributed by atoms with Crippen LogP contribution in [0, 0.1) is 11.3 Å². The van der Waals surface area contributed by atoms with Crippen LogP contribution < -0.4 is 10.6 Å². The molecule has 2 aliphatic rings. The zero-order valence-electron chi connectivity index (χ0n) is 15.5. The molecule has 7 heteroatoms. The van der Waals surface area contributed by atoms with E-state index in [1.165, 1.54) is 0 Å². The predicted molar refractivity (Wildman–Crippen MR) is 99.5 cm³/mol. The smallest absolute Gasteiger partial charge is 0.338 e. The Kier molecular flexibility index (Phi) is 5.67. The van der Waals surface area contributed by atoms with Crippen LogP contribution in [0.4, 0.5) is 5.69 Å². The maximum absolute atomic E-state index is 12.5. The number of rotatable bonds is 4. The van der Waals surface area contributed by atoms with Crippen LogP contribution >= 0.6 is 0 Å². The largest absolute Gasteiger partial charge is 0.463 e. The van der Waals surface area contributed by atoms with E-state index in [0.717, 1.165) is 24.3 Å². The molecule has 1 fully saturated rings. The molecule has 1 aromatic carbocycles.